The summed E-state index contributed by atoms with van der Waals surface area (Å²) in [6, 6.07) is 9.78. The Morgan fingerprint density at radius 3 is 2.67 bits per heavy atom. The number of carboxylic acid groups (broad SMARTS) is 1. The lowest BCUT2D eigenvalue weighted by molar-refractivity contribution is -0.992. The van der Waals surface area contributed by atoms with Crippen LogP contribution in [0.3, 0.4) is 0 Å². The van der Waals surface area contributed by atoms with Crippen LogP contribution >= 0.6 is 0 Å². The summed E-state index contributed by atoms with van der Waals surface area (Å²) in [5.41, 5.74) is 1.02. The van der Waals surface area contributed by atoms with Crippen molar-refractivity contribution in [1.29, 1.82) is 0 Å². The molecule has 0 spiro atoms. The summed E-state index contributed by atoms with van der Waals surface area (Å²) in [6.45, 7) is 3.39. The molecule has 116 valence electrons. The molecule has 3 atom stereocenters. The molecule has 1 aliphatic heterocycles. The molecular weight excluding hydrogens is 272 g/mol. The van der Waals surface area contributed by atoms with Crippen molar-refractivity contribution >= 4 is 5.97 Å². The highest BCUT2D eigenvalue weighted by atomic mass is 16.7. The summed E-state index contributed by atoms with van der Waals surface area (Å²) in [6.07, 6.45) is -0.851. The average Bonchev–Trinajstić information content (AvgIpc) is 2.86. The molecule has 6 nitrogen and oxygen atoms in total. The van der Waals surface area contributed by atoms with E-state index in [1.165, 1.54) is 0 Å². The van der Waals surface area contributed by atoms with Gasteiger partial charge in [0, 0.05) is 12.5 Å². The summed E-state index contributed by atoms with van der Waals surface area (Å²) in [5, 5.41) is 21.2. The maximum Gasteiger partial charge on any atom is 0.309 e. The second-order valence-corrected chi connectivity index (χ2v) is 5.43. The van der Waals surface area contributed by atoms with Gasteiger partial charge in [-0.25, -0.2) is 0 Å². The van der Waals surface area contributed by atoms with Gasteiger partial charge in [0.15, 0.2) is 12.4 Å². The molecule has 6 heteroatoms. The number of quaternary nitrogens is 1. The van der Waals surface area contributed by atoms with Crippen molar-refractivity contribution in [3.05, 3.63) is 35.9 Å². The summed E-state index contributed by atoms with van der Waals surface area (Å²) in [5.74, 6) is -0.851. The van der Waals surface area contributed by atoms with Gasteiger partial charge in [0.25, 0.3) is 0 Å². The van der Waals surface area contributed by atoms with Crippen LogP contribution in [0.2, 0.25) is 0 Å². The lowest BCUT2D eigenvalue weighted by Crippen LogP contribution is -2.56. The monoisotopic (exact) mass is 295 g/mol. The van der Waals surface area contributed by atoms with E-state index < -0.39 is 12.2 Å². The number of nitrogens with zero attached hydrogens (tertiary/aromatic N) is 2. The van der Waals surface area contributed by atoms with Crippen molar-refractivity contribution < 1.29 is 24.3 Å². The van der Waals surface area contributed by atoms with Gasteiger partial charge >= 0.3 is 5.97 Å². The van der Waals surface area contributed by atoms with Gasteiger partial charge in [0.1, 0.15) is 0 Å². The number of benzene rings is 1. The summed E-state index contributed by atoms with van der Waals surface area (Å²) in [7, 11) is 1.61. The highest BCUT2D eigenvalue weighted by Crippen LogP contribution is 2.39. The Labute approximate surface area is 124 Å². The van der Waals surface area contributed by atoms with Crippen LogP contribution in [-0.2, 0) is 9.63 Å². The summed E-state index contributed by atoms with van der Waals surface area (Å²) >= 11 is 0. The zero-order valence-corrected chi connectivity index (χ0v) is 12.5. The van der Waals surface area contributed by atoms with Gasteiger partial charge in [-0.1, -0.05) is 30.3 Å². The number of aliphatic hydroxyl groups excluding tert-OH is 1. The Morgan fingerprint density at radius 2 is 2.14 bits per heavy atom. The van der Waals surface area contributed by atoms with Gasteiger partial charge in [0.05, 0.1) is 33.2 Å². The number of aliphatic hydroxyl groups is 1. The molecule has 1 aliphatic rings. The van der Waals surface area contributed by atoms with E-state index in [4.69, 9.17) is 9.94 Å². The van der Waals surface area contributed by atoms with Crippen LogP contribution in [-0.4, -0.2) is 58.7 Å². The van der Waals surface area contributed by atoms with Crippen molar-refractivity contribution in [1.82, 2.24) is 5.06 Å². The fourth-order valence-corrected chi connectivity index (χ4v) is 3.18. The molecule has 1 aromatic rings. The average molecular weight is 295 g/mol. The normalized spacial score (nSPS) is 27.7. The summed E-state index contributed by atoms with van der Waals surface area (Å²) in [4.78, 5) is 16.4. The Bertz CT molecular complexity index is 480. The molecule has 0 aromatic heterocycles. The third-order valence-corrected chi connectivity index (χ3v) is 4.31. The van der Waals surface area contributed by atoms with Crippen LogP contribution in [0.1, 0.15) is 25.1 Å². The van der Waals surface area contributed by atoms with Gasteiger partial charge < -0.3 is 10.2 Å². The van der Waals surface area contributed by atoms with Crippen molar-refractivity contribution in [2.75, 3.05) is 26.7 Å². The molecule has 21 heavy (non-hydrogen) atoms. The Kier molecular flexibility index (Phi) is 4.95. The Morgan fingerprint density at radius 1 is 1.48 bits per heavy atom. The van der Waals surface area contributed by atoms with E-state index in [-0.39, 0.29) is 17.1 Å². The molecule has 0 amide bonds. The highest BCUT2D eigenvalue weighted by Gasteiger charge is 2.51. The first-order chi connectivity index (χ1) is 10.0. The SMILES string of the molecule is CON1CC[N+](CCC(=O)O)(C(C)O)C1c1ccccc1. The minimum Gasteiger partial charge on any atom is -0.481 e. The van der Waals surface area contributed by atoms with E-state index in [2.05, 4.69) is 0 Å². The van der Waals surface area contributed by atoms with Crippen LogP contribution in [0.4, 0.5) is 0 Å². The number of hydroxylamine groups is 2. The molecule has 1 aromatic carbocycles. The second kappa shape index (κ2) is 6.53. The van der Waals surface area contributed by atoms with Gasteiger partial charge in [-0.15, -0.1) is 5.06 Å². The molecule has 1 fully saturated rings. The quantitative estimate of drug-likeness (QED) is 0.772. The smallest absolute Gasteiger partial charge is 0.309 e. The standard InChI is InChI=1S/C15H22N2O4/c1-12(18)17(10-8-14(19)20)11-9-16(21-2)15(17)13-6-4-3-5-7-13/h3-7,12,15,18H,8-11H2,1-2H3/p+1. The predicted molar refractivity (Wildman–Crippen MR) is 76.8 cm³/mol. The molecule has 0 saturated carbocycles. The first-order valence-electron chi connectivity index (χ1n) is 7.13. The van der Waals surface area contributed by atoms with Gasteiger partial charge in [-0.2, -0.15) is 0 Å². The maximum absolute atomic E-state index is 11.0. The minimum atomic E-state index is -0.851. The maximum atomic E-state index is 11.0. The third-order valence-electron chi connectivity index (χ3n) is 4.31. The van der Waals surface area contributed by atoms with Crippen LogP contribution in [0.25, 0.3) is 0 Å². The first-order valence-corrected chi connectivity index (χ1v) is 7.13. The second-order valence-electron chi connectivity index (χ2n) is 5.43. The van der Waals surface area contributed by atoms with Crippen molar-refractivity contribution in [2.24, 2.45) is 0 Å². The molecule has 0 bridgehead atoms. The zero-order valence-electron chi connectivity index (χ0n) is 12.5. The summed E-state index contributed by atoms with van der Waals surface area (Å²) < 4.78 is 0.282. The zero-order chi connectivity index (χ0) is 15.5. The predicted octanol–water partition coefficient (Wildman–Crippen LogP) is 1.19. The number of hydrogen-bond acceptors (Lipinski definition) is 4. The molecular formula is C15H23N2O4+. The number of hydrogen-bond donors (Lipinski definition) is 2. The van der Waals surface area contributed by atoms with Gasteiger partial charge in [-0.05, 0) is 0 Å². The number of aliphatic carboxylic acids is 1. The van der Waals surface area contributed by atoms with Crippen molar-refractivity contribution in [3.8, 4) is 0 Å². The third kappa shape index (κ3) is 3.08. The molecule has 3 unspecified atom stereocenters. The van der Waals surface area contributed by atoms with E-state index in [0.717, 1.165) is 5.56 Å². The largest absolute Gasteiger partial charge is 0.481 e. The molecule has 2 N–H and O–H groups in total. The Hall–Kier alpha value is -1.47. The lowest BCUT2D eigenvalue weighted by Gasteiger charge is -2.42. The van der Waals surface area contributed by atoms with Crippen molar-refractivity contribution in [3.63, 3.8) is 0 Å². The van der Waals surface area contributed by atoms with Crippen LogP contribution in [0.5, 0.6) is 0 Å². The van der Waals surface area contributed by atoms with E-state index >= 15 is 0 Å². The Balaban J connectivity index is 2.39. The van der Waals surface area contributed by atoms with Crippen LogP contribution in [0.15, 0.2) is 30.3 Å². The highest BCUT2D eigenvalue weighted by molar-refractivity contribution is 5.66. The fraction of sp³-hybridized carbons (Fsp3) is 0.533. The molecule has 0 radical (unpaired) electrons. The molecule has 0 aliphatic carbocycles. The fourth-order valence-electron chi connectivity index (χ4n) is 3.18. The van der Waals surface area contributed by atoms with E-state index in [1.807, 2.05) is 35.4 Å². The van der Waals surface area contributed by atoms with Crippen molar-refractivity contribution in [2.45, 2.75) is 25.7 Å². The molecule has 1 saturated heterocycles. The molecule has 1 heterocycles. The van der Waals surface area contributed by atoms with Gasteiger partial charge in [0.2, 0.25) is 0 Å². The first kappa shape index (κ1) is 15.9. The number of carboxylic acids is 1. The van der Waals surface area contributed by atoms with E-state index in [0.29, 0.717) is 19.6 Å². The van der Waals surface area contributed by atoms with Crippen LogP contribution in [0, 0.1) is 0 Å². The van der Waals surface area contributed by atoms with Gasteiger partial charge in [-0.3, -0.25) is 14.1 Å². The number of rotatable bonds is 6. The molecule has 2 rings (SSSR count). The topological polar surface area (TPSA) is 70.0 Å². The lowest BCUT2D eigenvalue weighted by atomic mass is 10.1. The van der Waals surface area contributed by atoms with Crippen LogP contribution < -0.4 is 0 Å². The number of carbonyl (C=O) groups is 1. The van der Waals surface area contributed by atoms with E-state index in [1.54, 1.807) is 14.0 Å². The van der Waals surface area contributed by atoms with E-state index in [9.17, 15) is 9.90 Å². The minimum absolute atomic E-state index is 0.0196.